The maximum atomic E-state index is 14.8. The van der Waals surface area contributed by atoms with E-state index in [9.17, 15) is 8.78 Å². The first-order chi connectivity index (χ1) is 11.3. The summed E-state index contributed by atoms with van der Waals surface area (Å²) >= 11 is 3.41. The summed E-state index contributed by atoms with van der Waals surface area (Å²) < 4.78 is 32.2. The molecule has 1 aliphatic heterocycles. The van der Waals surface area contributed by atoms with Crippen LogP contribution in [0, 0.1) is 0 Å². The number of alkyl halides is 2. The Balaban J connectivity index is 2.02. The molecule has 4 rings (SSSR count). The summed E-state index contributed by atoms with van der Waals surface area (Å²) in [4.78, 5) is 4.42. The first-order valence-corrected chi connectivity index (χ1v) is 8.31. The standard InChI is InChI=1S/C18H14BrF2N3/c1-17(2)18(20,21)14-6-4-3-5-12(14)16(23-17)13-9-22-24-10-11(19)7-8-15(13)24/h3-10H,1-2H3. The van der Waals surface area contributed by atoms with Crippen LogP contribution in [0.5, 0.6) is 0 Å². The van der Waals surface area contributed by atoms with Crippen molar-refractivity contribution in [2.75, 3.05) is 0 Å². The second kappa shape index (κ2) is 4.96. The summed E-state index contributed by atoms with van der Waals surface area (Å²) in [5.74, 6) is -3.03. The van der Waals surface area contributed by atoms with Crippen molar-refractivity contribution in [3.63, 3.8) is 0 Å². The van der Waals surface area contributed by atoms with Crippen LogP contribution in [0.25, 0.3) is 5.52 Å². The highest BCUT2D eigenvalue weighted by Crippen LogP contribution is 2.46. The predicted octanol–water partition coefficient (Wildman–Crippen LogP) is 4.82. The molecule has 0 bridgehead atoms. The second-order valence-corrected chi connectivity index (χ2v) is 7.29. The van der Waals surface area contributed by atoms with Gasteiger partial charge in [0.25, 0.3) is 5.92 Å². The summed E-state index contributed by atoms with van der Waals surface area (Å²) in [5.41, 5.74) is 1.07. The van der Waals surface area contributed by atoms with Gasteiger partial charge in [-0.1, -0.05) is 24.3 Å². The Morgan fingerprint density at radius 3 is 2.58 bits per heavy atom. The number of hydrogen-bond donors (Lipinski definition) is 0. The maximum absolute atomic E-state index is 14.8. The number of nitrogens with zero attached hydrogens (tertiary/aromatic N) is 3. The molecule has 1 aliphatic rings. The molecule has 0 saturated carbocycles. The number of pyridine rings is 1. The van der Waals surface area contributed by atoms with Gasteiger partial charge in [-0.3, -0.25) is 4.99 Å². The van der Waals surface area contributed by atoms with Crippen LogP contribution in [-0.2, 0) is 5.92 Å². The summed E-state index contributed by atoms with van der Waals surface area (Å²) in [6.45, 7) is 2.93. The fourth-order valence-electron chi connectivity index (χ4n) is 3.05. The first-order valence-electron chi connectivity index (χ1n) is 7.52. The van der Waals surface area contributed by atoms with E-state index in [1.54, 1.807) is 28.9 Å². The Hall–Kier alpha value is -2.08. The van der Waals surface area contributed by atoms with Gasteiger partial charge in [-0.2, -0.15) is 13.9 Å². The monoisotopic (exact) mass is 389 g/mol. The zero-order chi connectivity index (χ0) is 17.1. The molecule has 6 heteroatoms. The van der Waals surface area contributed by atoms with Crippen molar-refractivity contribution in [2.24, 2.45) is 4.99 Å². The topological polar surface area (TPSA) is 29.7 Å². The number of halogens is 3. The van der Waals surface area contributed by atoms with Crippen molar-refractivity contribution < 1.29 is 8.78 Å². The van der Waals surface area contributed by atoms with Crippen LogP contribution in [0.4, 0.5) is 8.78 Å². The number of aromatic nitrogens is 2. The van der Waals surface area contributed by atoms with Crippen LogP contribution in [0.1, 0.15) is 30.5 Å². The molecule has 122 valence electrons. The lowest BCUT2D eigenvalue weighted by atomic mass is 9.82. The highest BCUT2D eigenvalue weighted by Gasteiger charge is 2.52. The molecule has 3 nitrogen and oxygen atoms in total. The molecule has 0 unspecified atom stereocenters. The van der Waals surface area contributed by atoms with Gasteiger partial charge in [-0.05, 0) is 41.9 Å². The Labute approximate surface area is 146 Å². The Morgan fingerprint density at radius 1 is 1.04 bits per heavy atom. The molecule has 0 amide bonds. The van der Waals surface area contributed by atoms with Crippen LogP contribution in [0.15, 0.2) is 58.3 Å². The second-order valence-electron chi connectivity index (χ2n) is 6.37. The van der Waals surface area contributed by atoms with E-state index in [1.807, 2.05) is 18.3 Å². The number of benzene rings is 1. The molecule has 24 heavy (non-hydrogen) atoms. The molecule has 0 aliphatic carbocycles. The summed E-state index contributed by atoms with van der Waals surface area (Å²) in [7, 11) is 0. The van der Waals surface area contributed by atoms with Gasteiger partial charge in [0.1, 0.15) is 5.54 Å². The average molecular weight is 390 g/mol. The maximum Gasteiger partial charge on any atom is 0.297 e. The number of hydrogen-bond acceptors (Lipinski definition) is 2. The third-order valence-corrected chi connectivity index (χ3v) is 4.88. The highest BCUT2D eigenvalue weighted by atomic mass is 79.9. The summed E-state index contributed by atoms with van der Waals surface area (Å²) in [6.07, 6.45) is 3.50. The van der Waals surface area contributed by atoms with Gasteiger partial charge in [0.05, 0.1) is 17.4 Å². The van der Waals surface area contributed by atoms with Crippen LogP contribution in [0.3, 0.4) is 0 Å². The minimum absolute atomic E-state index is 0.0106. The molecule has 0 saturated heterocycles. The van der Waals surface area contributed by atoms with E-state index in [2.05, 4.69) is 26.0 Å². The van der Waals surface area contributed by atoms with E-state index in [4.69, 9.17) is 0 Å². The SMILES string of the molecule is CC1(C)N=C(c2cnn3cc(Br)ccc23)c2ccccc2C1(F)F. The number of aliphatic imine (C=N–C) groups is 1. The third kappa shape index (κ3) is 2.05. The summed E-state index contributed by atoms with van der Waals surface area (Å²) in [5, 5.41) is 4.33. The quantitative estimate of drug-likeness (QED) is 0.586. The van der Waals surface area contributed by atoms with Gasteiger partial charge < -0.3 is 0 Å². The van der Waals surface area contributed by atoms with Crippen LogP contribution in [-0.4, -0.2) is 20.9 Å². The normalized spacial score (nSPS) is 18.3. The zero-order valence-corrected chi connectivity index (χ0v) is 14.7. The Kier molecular flexibility index (Phi) is 3.19. The molecule has 2 aromatic heterocycles. The van der Waals surface area contributed by atoms with Gasteiger partial charge in [-0.15, -0.1) is 0 Å². The Morgan fingerprint density at radius 2 is 1.79 bits per heavy atom. The largest absolute Gasteiger partial charge is 0.297 e. The van der Waals surface area contributed by atoms with E-state index < -0.39 is 11.5 Å². The van der Waals surface area contributed by atoms with Gasteiger partial charge in [0.2, 0.25) is 0 Å². The third-order valence-electron chi connectivity index (χ3n) is 4.42. The van der Waals surface area contributed by atoms with E-state index in [0.29, 0.717) is 11.3 Å². The van der Waals surface area contributed by atoms with Crippen molar-refractivity contribution >= 4 is 27.2 Å². The van der Waals surface area contributed by atoms with Crippen molar-refractivity contribution in [3.8, 4) is 0 Å². The van der Waals surface area contributed by atoms with Crippen LogP contribution >= 0.6 is 15.9 Å². The average Bonchev–Trinajstić information content (AvgIpc) is 2.94. The Bertz CT molecular complexity index is 989. The van der Waals surface area contributed by atoms with E-state index >= 15 is 0 Å². The lowest BCUT2D eigenvalue weighted by Crippen LogP contribution is -2.44. The molecule has 0 radical (unpaired) electrons. The van der Waals surface area contributed by atoms with Crippen molar-refractivity contribution in [1.82, 2.24) is 9.61 Å². The minimum Gasteiger partial charge on any atom is -0.271 e. The van der Waals surface area contributed by atoms with Crippen LogP contribution < -0.4 is 0 Å². The molecule has 3 heterocycles. The molecular formula is C18H14BrF2N3. The molecule has 1 aromatic carbocycles. The van der Waals surface area contributed by atoms with E-state index in [-0.39, 0.29) is 5.56 Å². The molecular weight excluding hydrogens is 376 g/mol. The van der Waals surface area contributed by atoms with Gasteiger partial charge in [0, 0.05) is 27.4 Å². The van der Waals surface area contributed by atoms with Crippen molar-refractivity contribution in [3.05, 3.63) is 70.0 Å². The minimum atomic E-state index is -3.03. The lowest BCUT2D eigenvalue weighted by molar-refractivity contribution is -0.0681. The zero-order valence-electron chi connectivity index (χ0n) is 13.1. The van der Waals surface area contributed by atoms with Crippen molar-refractivity contribution in [1.29, 1.82) is 0 Å². The fraction of sp³-hybridized carbons (Fsp3) is 0.222. The van der Waals surface area contributed by atoms with Gasteiger partial charge >= 0.3 is 0 Å². The first kappa shape index (κ1) is 15.4. The van der Waals surface area contributed by atoms with Crippen molar-refractivity contribution in [2.45, 2.75) is 25.3 Å². The fourth-order valence-corrected chi connectivity index (χ4v) is 3.38. The van der Waals surface area contributed by atoms with E-state index in [1.165, 1.54) is 19.9 Å². The smallest absolute Gasteiger partial charge is 0.271 e. The molecule has 3 aromatic rings. The molecule has 0 fully saturated rings. The predicted molar refractivity (Wildman–Crippen MR) is 92.9 cm³/mol. The number of fused-ring (bicyclic) bond motifs is 2. The van der Waals surface area contributed by atoms with Crippen LogP contribution in [0.2, 0.25) is 0 Å². The van der Waals surface area contributed by atoms with E-state index in [0.717, 1.165) is 15.6 Å². The number of rotatable bonds is 1. The molecule has 0 atom stereocenters. The van der Waals surface area contributed by atoms with Gasteiger partial charge in [-0.25, -0.2) is 4.52 Å². The lowest BCUT2D eigenvalue weighted by Gasteiger charge is -2.37. The highest BCUT2D eigenvalue weighted by molar-refractivity contribution is 9.10. The summed E-state index contributed by atoms with van der Waals surface area (Å²) in [6, 6.07) is 10.4. The molecule has 0 N–H and O–H groups in total. The molecule has 0 spiro atoms. The van der Waals surface area contributed by atoms with Gasteiger partial charge in [0.15, 0.2) is 0 Å².